The summed E-state index contributed by atoms with van der Waals surface area (Å²) in [4.78, 5) is 19.2. The third-order valence-electron chi connectivity index (χ3n) is 2.92. The van der Waals surface area contributed by atoms with Crippen molar-refractivity contribution in [1.29, 1.82) is 0 Å². The van der Waals surface area contributed by atoms with Crippen LogP contribution in [0.5, 0.6) is 0 Å². The highest BCUT2D eigenvalue weighted by Gasteiger charge is 2.33. The number of hydrogen-bond donors (Lipinski definition) is 1. The molecule has 0 aliphatic carbocycles. The number of carboxylic acid groups (broad SMARTS) is 1. The molecule has 0 radical (unpaired) electrons. The smallest absolute Gasteiger partial charge is 0.356 e. The predicted molar refractivity (Wildman–Crippen MR) is 67.9 cm³/mol. The highest BCUT2D eigenvalue weighted by atomic mass is 35.5. The Balaban J connectivity index is 3.29. The minimum Gasteiger partial charge on any atom is -0.476 e. The number of aromatic carboxylic acids is 1. The van der Waals surface area contributed by atoms with E-state index in [1.54, 1.807) is 0 Å². The number of ether oxygens (including phenoxy) is 1. The van der Waals surface area contributed by atoms with Crippen LogP contribution < -0.4 is 0 Å². The van der Waals surface area contributed by atoms with Crippen molar-refractivity contribution in [1.82, 2.24) is 9.97 Å². The first-order chi connectivity index (χ1) is 8.50. The van der Waals surface area contributed by atoms with Gasteiger partial charge in [0.1, 0.15) is 5.60 Å². The molecule has 5 nitrogen and oxygen atoms in total. The fourth-order valence-electron chi connectivity index (χ4n) is 1.85. The molecule has 1 aromatic rings. The quantitative estimate of drug-likeness (QED) is 0.862. The summed E-state index contributed by atoms with van der Waals surface area (Å²) in [5.74, 6) is -0.794. The van der Waals surface area contributed by atoms with Gasteiger partial charge in [-0.15, -0.1) is 0 Å². The molecule has 1 rings (SSSR count). The number of rotatable bonds is 6. The Labute approximate surface area is 111 Å². The second kappa shape index (κ2) is 6.11. The molecule has 0 bridgehead atoms. The minimum atomic E-state index is -1.17. The molecule has 0 fully saturated rings. The number of halogens is 1. The Hall–Kier alpha value is -1.20. The summed E-state index contributed by atoms with van der Waals surface area (Å²) >= 11 is 5.76. The van der Waals surface area contributed by atoms with Crippen LogP contribution in [0, 0.1) is 0 Å². The molecule has 18 heavy (non-hydrogen) atoms. The average Bonchev–Trinajstić information content (AvgIpc) is 2.36. The van der Waals surface area contributed by atoms with Crippen LogP contribution in [0.2, 0.25) is 5.02 Å². The molecule has 1 heterocycles. The molecule has 0 aliphatic heterocycles. The molecule has 0 atom stereocenters. The van der Waals surface area contributed by atoms with Crippen molar-refractivity contribution in [3.8, 4) is 0 Å². The zero-order chi connectivity index (χ0) is 13.8. The van der Waals surface area contributed by atoms with Crippen molar-refractivity contribution in [2.24, 2.45) is 0 Å². The van der Waals surface area contributed by atoms with Crippen molar-refractivity contribution in [3.05, 3.63) is 22.7 Å². The lowest BCUT2D eigenvalue weighted by Crippen LogP contribution is -2.31. The van der Waals surface area contributed by atoms with Crippen LogP contribution in [0.15, 0.2) is 6.20 Å². The number of hydrogen-bond acceptors (Lipinski definition) is 4. The van der Waals surface area contributed by atoms with Crippen molar-refractivity contribution < 1.29 is 14.6 Å². The summed E-state index contributed by atoms with van der Waals surface area (Å²) in [6.45, 7) is 6.30. The number of aromatic nitrogens is 2. The maximum absolute atomic E-state index is 11.0. The zero-order valence-electron chi connectivity index (χ0n) is 10.7. The first-order valence-electron chi connectivity index (χ1n) is 5.91. The topological polar surface area (TPSA) is 72.3 Å². The Morgan fingerprint density at radius 3 is 2.50 bits per heavy atom. The third kappa shape index (κ3) is 2.79. The van der Waals surface area contributed by atoms with E-state index >= 15 is 0 Å². The first-order valence-corrected chi connectivity index (χ1v) is 6.28. The lowest BCUT2D eigenvalue weighted by Gasteiger charge is -2.29. The van der Waals surface area contributed by atoms with Crippen LogP contribution in [0.4, 0.5) is 0 Å². The summed E-state index contributed by atoms with van der Waals surface area (Å²) in [6.07, 6.45) is 2.64. The van der Waals surface area contributed by atoms with E-state index in [0.29, 0.717) is 25.3 Å². The minimum absolute atomic E-state index is 0.0313. The lowest BCUT2D eigenvalue weighted by atomic mass is 9.96. The van der Waals surface area contributed by atoms with E-state index in [9.17, 15) is 4.79 Å². The van der Waals surface area contributed by atoms with Gasteiger partial charge in [-0.2, -0.15) is 0 Å². The first kappa shape index (κ1) is 14.9. The van der Waals surface area contributed by atoms with Crippen molar-refractivity contribution in [3.63, 3.8) is 0 Å². The molecule has 1 aromatic heterocycles. The van der Waals surface area contributed by atoms with Gasteiger partial charge in [-0.05, 0) is 19.8 Å². The van der Waals surface area contributed by atoms with E-state index in [0.717, 1.165) is 0 Å². The largest absolute Gasteiger partial charge is 0.476 e. The summed E-state index contributed by atoms with van der Waals surface area (Å²) < 4.78 is 5.73. The molecule has 1 N–H and O–H groups in total. The van der Waals surface area contributed by atoms with Crippen molar-refractivity contribution >= 4 is 17.6 Å². The molecule has 0 aromatic carbocycles. The molecule has 0 unspecified atom stereocenters. The maximum atomic E-state index is 11.0. The van der Waals surface area contributed by atoms with Gasteiger partial charge < -0.3 is 9.84 Å². The van der Waals surface area contributed by atoms with Crippen LogP contribution in [-0.2, 0) is 10.3 Å². The summed E-state index contributed by atoms with van der Waals surface area (Å²) in [5.41, 5.74) is -0.837. The van der Waals surface area contributed by atoms with Gasteiger partial charge >= 0.3 is 5.97 Å². The van der Waals surface area contributed by atoms with Gasteiger partial charge in [0.05, 0.1) is 11.2 Å². The van der Waals surface area contributed by atoms with E-state index in [1.165, 1.54) is 6.20 Å². The van der Waals surface area contributed by atoms with Gasteiger partial charge in [-0.25, -0.2) is 14.8 Å². The molecule has 0 aliphatic rings. The van der Waals surface area contributed by atoms with Crippen LogP contribution in [0.25, 0.3) is 0 Å². The van der Waals surface area contributed by atoms with Crippen LogP contribution in [0.1, 0.15) is 49.9 Å². The molecule has 0 saturated heterocycles. The summed E-state index contributed by atoms with van der Waals surface area (Å²) in [7, 11) is 0. The standard InChI is InChI=1S/C12H17ClN2O3/c1-4-12(5-2,18-6-3)11-14-7-8(13)9(15-11)10(16)17/h7H,4-6H2,1-3H3,(H,16,17). The predicted octanol–water partition coefficient (Wildman–Crippen LogP) is 2.88. The van der Waals surface area contributed by atoms with E-state index in [-0.39, 0.29) is 10.7 Å². The third-order valence-corrected chi connectivity index (χ3v) is 3.19. The fraction of sp³-hybridized carbons (Fsp3) is 0.583. The van der Waals surface area contributed by atoms with E-state index in [4.69, 9.17) is 21.4 Å². The molecule has 0 saturated carbocycles. The Bertz CT molecular complexity index is 433. The van der Waals surface area contributed by atoms with Gasteiger partial charge in [0.15, 0.2) is 11.5 Å². The molecule has 6 heteroatoms. The summed E-state index contributed by atoms with van der Waals surface area (Å²) in [5, 5.41) is 9.05. The molecule has 0 amide bonds. The second-order valence-corrected chi connectivity index (χ2v) is 4.24. The van der Waals surface area contributed by atoms with Gasteiger partial charge in [0, 0.05) is 6.61 Å². The molecule has 100 valence electrons. The van der Waals surface area contributed by atoms with Crippen LogP contribution in [-0.4, -0.2) is 27.7 Å². The Morgan fingerprint density at radius 2 is 2.06 bits per heavy atom. The normalized spacial score (nSPS) is 11.6. The highest BCUT2D eigenvalue weighted by molar-refractivity contribution is 6.33. The molecule has 0 spiro atoms. The monoisotopic (exact) mass is 272 g/mol. The SMILES string of the molecule is CCOC(CC)(CC)c1ncc(Cl)c(C(=O)O)n1. The van der Waals surface area contributed by atoms with Crippen LogP contribution >= 0.6 is 11.6 Å². The van der Waals surface area contributed by atoms with Crippen LogP contribution in [0.3, 0.4) is 0 Å². The molecular formula is C12H17ClN2O3. The van der Waals surface area contributed by atoms with E-state index < -0.39 is 11.6 Å². The Morgan fingerprint density at radius 1 is 1.44 bits per heavy atom. The average molecular weight is 273 g/mol. The van der Waals surface area contributed by atoms with Crippen molar-refractivity contribution in [2.75, 3.05) is 6.61 Å². The Kier molecular flexibility index (Phi) is 5.04. The van der Waals surface area contributed by atoms with E-state index in [2.05, 4.69) is 9.97 Å². The van der Waals surface area contributed by atoms with Gasteiger partial charge in [0.2, 0.25) is 0 Å². The highest BCUT2D eigenvalue weighted by Crippen LogP contribution is 2.31. The van der Waals surface area contributed by atoms with Crippen molar-refractivity contribution in [2.45, 2.75) is 39.2 Å². The number of carbonyl (C=O) groups is 1. The fourth-order valence-corrected chi connectivity index (χ4v) is 2.02. The van der Waals surface area contributed by atoms with Gasteiger partial charge in [0.25, 0.3) is 0 Å². The second-order valence-electron chi connectivity index (χ2n) is 3.83. The number of nitrogens with zero attached hydrogens (tertiary/aromatic N) is 2. The lowest BCUT2D eigenvalue weighted by molar-refractivity contribution is -0.0572. The summed E-state index contributed by atoms with van der Waals surface area (Å²) in [6, 6.07) is 0. The van der Waals surface area contributed by atoms with E-state index in [1.807, 2.05) is 20.8 Å². The zero-order valence-corrected chi connectivity index (χ0v) is 11.5. The molecular weight excluding hydrogens is 256 g/mol. The number of carboxylic acids is 1. The van der Waals surface area contributed by atoms with Gasteiger partial charge in [-0.1, -0.05) is 25.4 Å². The van der Waals surface area contributed by atoms with Gasteiger partial charge in [-0.3, -0.25) is 0 Å². The maximum Gasteiger partial charge on any atom is 0.356 e.